The topological polar surface area (TPSA) is 107 Å². The van der Waals surface area contributed by atoms with Crippen molar-refractivity contribution < 1.29 is 24.1 Å². The Kier molecular flexibility index (Phi) is 3.05. The van der Waals surface area contributed by atoms with Crippen LogP contribution in [0.25, 0.3) is 0 Å². The molecule has 7 nitrogen and oxygen atoms in total. The van der Waals surface area contributed by atoms with Crippen molar-refractivity contribution in [1.82, 2.24) is 4.57 Å². The van der Waals surface area contributed by atoms with Gasteiger partial charge in [-0.15, -0.1) is 0 Å². The average molecular weight is 286 g/mol. The number of nitrogens with zero attached hydrogens (tertiary/aromatic N) is 1. The highest BCUT2D eigenvalue weighted by molar-refractivity contribution is 5.36. The zero-order valence-electron chi connectivity index (χ0n) is 10.5. The van der Waals surface area contributed by atoms with Gasteiger partial charge in [-0.1, -0.05) is 0 Å². The largest absolute Gasteiger partial charge is 0.396 e. The molecule has 1 aromatic rings. The molecule has 8 heteroatoms. The summed E-state index contributed by atoms with van der Waals surface area (Å²) in [5.74, 6) is -0.781. The predicted octanol–water partition coefficient (Wildman–Crippen LogP) is -1.02. The molecule has 4 atom stereocenters. The van der Waals surface area contributed by atoms with Gasteiger partial charge >= 0.3 is 0 Å². The van der Waals surface area contributed by atoms with Crippen LogP contribution in [0.3, 0.4) is 0 Å². The maximum Gasteiger partial charge on any atom is 0.254 e. The first-order valence-corrected chi connectivity index (χ1v) is 6.24. The molecule has 0 radical (unpaired) electrons. The minimum atomic E-state index is -1.18. The monoisotopic (exact) mass is 286 g/mol. The summed E-state index contributed by atoms with van der Waals surface area (Å²) in [6.07, 6.45) is -1.75. The highest BCUT2D eigenvalue weighted by Crippen LogP contribution is 2.44. The van der Waals surface area contributed by atoms with Crippen molar-refractivity contribution in [3.63, 3.8) is 0 Å². The summed E-state index contributed by atoms with van der Waals surface area (Å²) >= 11 is 0. The predicted molar refractivity (Wildman–Crippen MR) is 65.4 cm³/mol. The Bertz CT molecular complexity index is 592. The Morgan fingerprint density at radius 2 is 2.35 bits per heavy atom. The summed E-state index contributed by atoms with van der Waals surface area (Å²) < 4.78 is 25.4. The second-order valence-electron chi connectivity index (χ2n) is 5.09. The van der Waals surface area contributed by atoms with E-state index in [0.717, 1.165) is 16.8 Å². The molecule has 1 aromatic heterocycles. The highest BCUT2D eigenvalue weighted by Gasteiger charge is 2.58. The van der Waals surface area contributed by atoms with Crippen LogP contribution in [-0.2, 0) is 9.47 Å². The summed E-state index contributed by atoms with van der Waals surface area (Å²) in [4.78, 5) is 11.9. The second-order valence-corrected chi connectivity index (χ2v) is 5.09. The van der Waals surface area contributed by atoms with E-state index in [-0.39, 0.29) is 12.3 Å². The average Bonchev–Trinajstić information content (AvgIpc) is 2.94. The Labute approximate surface area is 113 Å². The van der Waals surface area contributed by atoms with Gasteiger partial charge in [0.15, 0.2) is 12.0 Å². The smallest absolute Gasteiger partial charge is 0.254 e. The molecule has 3 rings (SSSR count). The molecule has 3 unspecified atom stereocenters. The maximum atomic E-state index is 13.5. The van der Waals surface area contributed by atoms with Crippen LogP contribution >= 0.6 is 0 Å². The number of nitrogens with two attached hydrogens (primary N) is 1. The normalized spacial score (nSPS) is 36.2. The lowest BCUT2D eigenvalue weighted by molar-refractivity contribution is -0.110. The zero-order chi connectivity index (χ0) is 14.5. The van der Waals surface area contributed by atoms with Gasteiger partial charge in [0, 0.05) is 18.7 Å². The van der Waals surface area contributed by atoms with Crippen LogP contribution in [0.2, 0.25) is 0 Å². The summed E-state index contributed by atoms with van der Waals surface area (Å²) in [5, 5.41) is 19.7. The number of hydrogen-bond donors (Lipinski definition) is 3. The third-order valence-corrected chi connectivity index (χ3v) is 3.90. The lowest BCUT2D eigenvalue weighted by Crippen LogP contribution is -2.42. The highest BCUT2D eigenvalue weighted by atomic mass is 19.1. The van der Waals surface area contributed by atoms with Crippen LogP contribution < -0.4 is 11.3 Å². The van der Waals surface area contributed by atoms with Crippen molar-refractivity contribution in [3.05, 3.63) is 28.4 Å². The lowest BCUT2D eigenvalue weighted by atomic mass is 9.95. The summed E-state index contributed by atoms with van der Waals surface area (Å²) in [6, 6.07) is 0.923. The summed E-state index contributed by atoms with van der Waals surface area (Å²) in [6.45, 7) is -0.00254. The molecule has 2 aliphatic heterocycles. The van der Waals surface area contributed by atoms with Gasteiger partial charge in [0.2, 0.25) is 0 Å². The summed E-state index contributed by atoms with van der Waals surface area (Å²) in [5.41, 5.74) is 3.39. The standard InChI is InChI=1S/C12H15FN2O5/c13-6-4-15(8(17)3-7(6)14)11-9(18)10-12(5-16,20-11)1-2-19-10/h3-4,9-11,16,18H,1-2,5,14H2/t9?,10?,11-,12?/m1/s1. The minimum absolute atomic E-state index is 0.271. The minimum Gasteiger partial charge on any atom is -0.396 e. The van der Waals surface area contributed by atoms with Crippen molar-refractivity contribution in [2.45, 2.75) is 30.5 Å². The van der Waals surface area contributed by atoms with E-state index < -0.39 is 35.4 Å². The van der Waals surface area contributed by atoms with E-state index >= 15 is 0 Å². The molecule has 0 aromatic carbocycles. The Balaban J connectivity index is 2.01. The molecular weight excluding hydrogens is 271 g/mol. The molecule has 110 valence electrons. The third-order valence-electron chi connectivity index (χ3n) is 3.90. The van der Waals surface area contributed by atoms with Gasteiger partial charge in [0.25, 0.3) is 5.56 Å². The molecule has 3 heterocycles. The van der Waals surface area contributed by atoms with Crippen molar-refractivity contribution in [2.75, 3.05) is 18.9 Å². The first-order valence-electron chi connectivity index (χ1n) is 6.24. The van der Waals surface area contributed by atoms with E-state index in [9.17, 15) is 19.4 Å². The van der Waals surface area contributed by atoms with E-state index in [1.165, 1.54) is 0 Å². The number of hydrogen-bond acceptors (Lipinski definition) is 6. The van der Waals surface area contributed by atoms with Gasteiger partial charge in [-0.3, -0.25) is 9.36 Å². The van der Waals surface area contributed by atoms with Crippen molar-refractivity contribution in [3.8, 4) is 0 Å². The number of aliphatic hydroxyl groups is 2. The van der Waals surface area contributed by atoms with Crippen molar-refractivity contribution in [2.24, 2.45) is 0 Å². The van der Waals surface area contributed by atoms with Gasteiger partial charge in [-0.2, -0.15) is 0 Å². The number of pyridine rings is 1. The quantitative estimate of drug-likeness (QED) is 0.642. The van der Waals surface area contributed by atoms with E-state index in [0.29, 0.717) is 13.0 Å². The Hall–Kier alpha value is -1.48. The molecule has 0 bridgehead atoms. The Morgan fingerprint density at radius 3 is 3.00 bits per heavy atom. The van der Waals surface area contributed by atoms with E-state index in [1.807, 2.05) is 0 Å². The van der Waals surface area contributed by atoms with Crippen molar-refractivity contribution in [1.29, 1.82) is 0 Å². The molecule has 0 amide bonds. The number of fused-ring (bicyclic) bond motifs is 1. The van der Waals surface area contributed by atoms with Crippen LogP contribution in [0.4, 0.5) is 10.1 Å². The molecule has 0 saturated carbocycles. The van der Waals surface area contributed by atoms with E-state index in [1.54, 1.807) is 0 Å². The van der Waals surface area contributed by atoms with Gasteiger partial charge in [-0.05, 0) is 0 Å². The number of aliphatic hydroxyl groups excluding tert-OH is 2. The molecular formula is C12H15FN2O5. The molecule has 0 spiro atoms. The fraction of sp³-hybridized carbons (Fsp3) is 0.583. The summed E-state index contributed by atoms with van der Waals surface area (Å²) in [7, 11) is 0. The van der Waals surface area contributed by atoms with E-state index in [4.69, 9.17) is 15.2 Å². The fourth-order valence-electron chi connectivity index (χ4n) is 2.81. The molecule has 20 heavy (non-hydrogen) atoms. The number of aromatic nitrogens is 1. The van der Waals surface area contributed by atoms with Crippen LogP contribution in [0.15, 0.2) is 17.1 Å². The Morgan fingerprint density at radius 1 is 1.60 bits per heavy atom. The number of ether oxygens (including phenoxy) is 2. The van der Waals surface area contributed by atoms with Gasteiger partial charge in [0.1, 0.15) is 17.8 Å². The maximum absolute atomic E-state index is 13.5. The van der Waals surface area contributed by atoms with Gasteiger partial charge in [0.05, 0.1) is 18.9 Å². The second kappa shape index (κ2) is 4.52. The molecule has 2 aliphatic rings. The molecule has 2 fully saturated rings. The van der Waals surface area contributed by atoms with Crippen LogP contribution in [-0.4, -0.2) is 45.8 Å². The number of anilines is 1. The number of rotatable bonds is 2. The molecule has 0 aliphatic carbocycles. The van der Waals surface area contributed by atoms with Gasteiger partial charge < -0.3 is 25.4 Å². The van der Waals surface area contributed by atoms with Gasteiger partial charge in [-0.25, -0.2) is 4.39 Å². The molecule has 4 N–H and O–H groups in total. The number of nitrogen functional groups attached to an aromatic ring is 1. The van der Waals surface area contributed by atoms with Crippen LogP contribution in [0.1, 0.15) is 12.6 Å². The lowest BCUT2D eigenvalue weighted by Gasteiger charge is -2.24. The first kappa shape index (κ1) is 13.5. The SMILES string of the molecule is Nc1cc(=O)n([C@@H]2OC3(CO)CCOC3C2O)cc1F. The third kappa shape index (κ3) is 1.76. The first-order chi connectivity index (χ1) is 9.48. The molecule has 2 saturated heterocycles. The van der Waals surface area contributed by atoms with Crippen molar-refractivity contribution >= 4 is 5.69 Å². The van der Waals surface area contributed by atoms with Crippen LogP contribution in [0.5, 0.6) is 0 Å². The fourth-order valence-corrected chi connectivity index (χ4v) is 2.81. The van der Waals surface area contributed by atoms with Crippen LogP contribution in [0, 0.1) is 5.82 Å². The number of halogens is 1. The van der Waals surface area contributed by atoms with E-state index in [2.05, 4.69) is 0 Å². The zero-order valence-corrected chi connectivity index (χ0v) is 10.5.